The van der Waals surface area contributed by atoms with Crippen molar-refractivity contribution in [1.82, 2.24) is 4.90 Å². The molecule has 0 aromatic heterocycles. The van der Waals surface area contributed by atoms with E-state index in [1.54, 1.807) is 18.2 Å². The van der Waals surface area contributed by atoms with E-state index >= 15 is 0 Å². The molecule has 0 unspecified atom stereocenters. The molecule has 7 heteroatoms. The molecule has 1 aliphatic rings. The zero-order valence-electron chi connectivity index (χ0n) is 13.7. The van der Waals surface area contributed by atoms with Gasteiger partial charge in [-0.25, -0.2) is 4.39 Å². The van der Waals surface area contributed by atoms with Gasteiger partial charge in [-0.3, -0.25) is 4.79 Å². The molecule has 3 rings (SSSR count). The van der Waals surface area contributed by atoms with Crippen LogP contribution in [0.15, 0.2) is 40.9 Å². The van der Waals surface area contributed by atoms with Crippen LogP contribution in [0.2, 0.25) is 5.02 Å². The topological polar surface area (TPSA) is 35.6 Å². The zero-order valence-corrected chi connectivity index (χ0v) is 16.1. The first kappa shape index (κ1) is 18.2. The molecule has 1 amide bonds. The Bertz CT molecular complexity index is 794. The van der Waals surface area contributed by atoms with Gasteiger partial charge in [0.1, 0.15) is 5.82 Å². The summed E-state index contributed by atoms with van der Waals surface area (Å²) >= 11 is 9.37. The Morgan fingerprint density at radius 2 is 1.88 bits per heavy atom. The van der Waals surface area contributed by atoms with E-state index in [0.29, 0.717) is 15.2 Å². The summed E-state index contributed by atoms with van der Waals surface area (Å²) in [5, 5.41) is 3.32. The number of anilines is 2. The Morgan fingerprint density at radius 1 is 1.16 bits per heavy atom. The van der Waals surface area contributed by atoms with Crippen molar-refractivity contribution in [1.29, 1.82) is 0 Å². The molecule has 0 radical (unpaired) electrons. The third-order valence-corrected chi connectivity index (χ3v) is 4.95. The fraction of sp³-hybridized carbons (Fsp3) is 0.278. The van der Waals surface area contributed by atoms with Gasteiger partial charge in [0.15, 0.2) is 0 Å². The SMILES string of the molecule is CN1CCN(c2ccc(Cl)cc2NC(=O)c2cc(Br)ccc2F)CC1. The predicted molar refractivity (Wildman–Crippen MR) is 103 cm³/mol. The lowest BCUT2D eigenvalue weighted by atomic mass is 10.1. The third kappa shape index (κ3) is 4.32. The third-order valence-electron chi connectivity index (χ3n) is 4.22. The van der Waals surface area contributed by atoms with Gasteiger partial charge in [-0.2, -0.15) is 0 Å². The van der Waals surface area contributed by atoms with Gasteiger partial charge in [0, 0.05) is 35.7 Å². The van der Waals surface area contributed by atoms with Crippen molar-refractivity contribution in [2.45, 2.75) is 0 Å². The van der Waals surface area contributed by atoms with Gasteiger partial charge in [0.2, 0.25) is 0 Å². The van der Waals surface area contributed by atoms with Crippen molar-refractivity contribution < 1.29 is 9.18 Å². The molecule has 1 aliphatic heterocycles. The van der Waals surface area contributed by atoms with Crippen LogP contribution in [0.1, 0.15) is 10.4 Å². The van der Waals surface area contributed by atoms with Crippen LogP contribution in [0.3, 0.4) is 0 Å². The number of hydrogen-bond acceptors (Lipinski definition) is 3. The molecule has 0 atom stereocenters. The first-order valence-electron chi connectivity index (χ1n) is 7.93. The Kier molecular flexibility index (Phi) is 5.61. The van der Waals surface area contributed by atoms with Gasteiger partial charge < -0.3 is 15.1 Å². The van der Waals surface area contributed by atoms with Crippen LogP contribution in [0.5, 0.6) is 0 Å². The smallest absolute Gasteiger partial charge is 0.258 e. The highest BCUT2D eigenvalue weighted by Gasteiger charge is 2.20. The summed E-state index contributed by atoms with van der Waals surface area (Å²) < 4.78 is 14.6. The molecule has 0 bridgehead atoms. The summed E-state index contributed by atoms with van der Waals surface area (Å²) in [6.45, 7) is 3.59. The fourth-order valence-electron chi connectivity index (χ4n) is 2.79. The molecule has 2 aromatic rings. The van der Waals surface area contributed by atoms with Crippen molar-refractivity contribution >= 4 is 44.8 Å². The van der Waals surface area contributed by atoms with Gasteiger partial charge in [-0.05, 0) is 43.4 Å². The van der Waals surface area contributed by atoms with Crippen molar-refractivity contribution in [2.75, 3.05) is 43.4 Å². The van der Waals surface area contributed by atoms with E-state index in [1.807, 2.05) is 6.07 Å². The highest BCUT2D eigenvalue weighted by atomic mass is 79.9. The fourth-order valence-corrected chi connectivity index (χ4v) is 3.33. The molecule has 0 spiro atoms. The average molecular weight is 427 g/mol. The van der Waals surface area contributed by atoms with Crippen LogP contribution in [0, 0.1) is 5.82 Å². The molecule has 1 fully saturated rings. The van der Waals surface area contributed by atoms with Crippen molar-refractivity contribution in [2.24, 2.45) is 0 Å². The highest BCUT2D eigenvalue weighted by molar-refractivity contribution is 9.10. The number of rotatable bonds is 3. The first-order valence-corrected chi connectivity index (χ1v) is 9.10. The molecule has 1 heterocycles. The minimum absolute atomic E-state index is 0.0151. The molecular formula is C18H18BrClFN3O. The summed E-state index contributed by atoms with van der Waals surface area (Å²) in [7, 11) is 2.08. The van der Waals surface area contributed by atoms with Crippen molar-refractivity contribution in [3.8, 4) is 0 Å². The summed E-state index contributed by atoms with van der Waals surface area (Å²) in [6.07, 6.45) is 0. The maximum Gasteiger partial charge on any atom is 0.258 e. The molecule has 4 nitrogen and oxygen atoms in total. The Balaban J connectivity index is 1.87. The number of piperazine rings is 1. The lowest BCUT2D eigenvalue weighted by molar-refractivity contribution is 0.102. The summed E-state index contributed by atoms with van der Waals surface area (Å²) in [5.74, 6) is -1.07. The first-order chi connectivity index (χ1) is 11.9. The average Bonchev–Trinajstić information content (AvgIpc) is 2.58. The van der Waals surface area contributed by atoms with Gasteiger partial charge >= 0.3 is 0 Å². The van der Waals surface area contributed by atoms with E-state index in [-0.39, 0.29) is 5.56 Å². The number of hydrogen-bond donors (Lipinski definition) is 1. The number of carbonyl (C=O) groups is 1. The maximum absolute atomic E-state index is 14.0. The minimum atomic E-state index is -0.566. The van der Waals surface area contributed by atoms with E-state index in [1.165, 1.54) is 12.1 Å². The normalized spacial score (nSPS) is 15.3. The molecule has 1 saturated heterocycles. The number of benzene rings is 2. The van der Waals surface area contributed by atoms with Gasteiger partial charge in [0.05, 0.1) is 16.9 Å². The quantitative estimate of drug-likeness (QED) is 0.797. The van der Waals surface area contributed by atoms with Crippen LogP contribution >= 0.6 is 27.5 Å². The Hall–Kier alpha value is -1.63. The largest absolute Gasteiger partial charge is 0.367 e. The second kappa shape index (κ2) is 7.72. The lowest BCUT2D eigenvalue weighted by Crippen LogP contribution is -2.44. The monoisotopic (exact) mass is 425 g/mol. The molecular weight excluding hydrogens is 409 g/mol. The molecule has 0 aliphatic carbocycles. The Morgan fingerprint density at radius 3 is 2.60 bits per heavy atom. The van der Waals surface area contributed by atoms with E-state index in [9.17, 15) is 9.18 Å². The van der Waals surface area contributed by atoms with Crippen LogP contribution in [0.4, 0.5) is 15.8 Å². The highest BCUT2D eigenvalue weighted by Crippen LogP contribution is 2.30. The lowest BCUT2D eigenvalue weighted by Gasteiger charge is -2.35. The van der Waals surface area contributed by atoms with E-state index in [4.69, 9.17) is 11.6 Å². The molecule has 2 aromatic carbocycles. The number of nitrogens with zero attached hydrogens (tertiary/aromatic N) is 2. The molecule has 25 heavy (non-hydrogen) atoms. The van der Waals surface area contributed by atoms with Gasteiger partial charge in [-0.15, -0.1) is 0 Å². The number of likely N-dealkylation sites (N-methyl/N-ethyl adjacent to an activating group) is 1. The van der Waals surface area contributed by atoms with Crippen LogP contribution in [0.25, 0.3) is 0 Å². The number of nitrogens with one attached hydrogen (secondary N) is 1. The summed E-state index contributed by atoms with van der Waals surface area (Å²) in [6, 6.07) is 9.67. The van der Waals surface area contributed by atoms with Crippen molar-refractivity contribution in [3.63, 3.8) is 0 Å². The maximum atomic E-state index is 14.0. The molecule has 0 saturated carbocycles. The summed E-state index contributed by atoms with van der Waals surface area (Å²) in [4.78, 5) is 17.0. The summed E-state index contributed by atoms with van der Waals surface area (Å²) in [5.41, 5.74) is 1.46. The number of amides is 1. The van der Waals surface area contributed by atoms with Crippen LogP contribution in [-0.4, -0.2) is 44.0 Å². The number of halogens is 3. The molecule has 1 N–H and O–H groups in total. The van der Waals surface area contributed by atoms with E-state index in [2.05, 4.69) is 38.1 Å². The standard InChI is InChI=1S/C18H18BrClFN3O/c1-23-6-8-24(9-7-23)17-5-3-13(20)11-16(17)22-18(25)14-10-12(19)2-4-15(14)21/h2-5,10-11H,6-9H2,1H3,(H,22,25). The zero-order chi connectivity index (χ0) is 18.0. The van der Waals surface area contributed by atoms with Crippen LogP contribution < -0.4 is 10.2 Å². The van der Waals surface area contributed by atoms with Crippen molar-refractivity contribution in [3.05, 3.63) is 57.3 Å². The molecule has 132 valence electrons. The predicted octanol–water partition coefficient (Wildman–Crippen LogP) is 4.25. The van der Waals surface area contributed by atoms with E-state index in [0.717, 1.165) is 31.9 Å². The Labute approximate surface area is 159 Å². The second-order valence-electron chi connectivity index (χ2n) is 6.03. The van der Waals surface area contributed by atoms with Gasteiger partial charge in [-0.1, -0.05) is 27.5 Å². The number of carbonyl (C=O) groups excluding carboxylic acids is 1. The second-order valence-corrected chi connectivity index (χ2v) is 7.38. The van der Waals surface area contributed by atoms with Gasteiger partial charge in [0.25, 0.3) is 5.91 Å². The van der Waals surface area contributed by atoms with Crippen LogP contribution in [-0.2, 0) is 0 Å². The van der Waals surface area contributed by atoms with E-state index < -0.39 is 11.7 Å². The minimum Gasteiger partial charge on any atom is -0.367 e.